The van der Waals surface area contributed by atoms with Crippen LogP contribution in [0.1, 0.15) is 17.7 Å². The third kappa shape index (κ3) is 2.86. The molecule has 0 spiro atoms. The Morgan fingerprint density at radius 1 is 1.60 bits per heavy atom. The number of aryl methyl sites for hydroxylation is 1. The van der Waals surface area contributed by atoms with E-state index in [2.05, 4.69) is 4.98 Å². The second-order valence-corrected chi connectivity index (χ2v) is 3.42. The molecule has 3 nitrogen and oxygen atoms in total. The van der Waals surface area contributed by atoms with Gasteiger partial charge in [-0.25, -0.2) is 13.8 Å². The van der Waals surface area contributed by atoms with Gasteiger partial charge in [-0.3, -0.25) is 4.79 Å². The summed E-state index contributed by atoms with van der Waals surface area (Å²) < 4.78 is 26.6. The molecular weight excluding hydrogens is 228 g/mol. The first-order valence-corrected chi connectivity index (χ1v) is 4.44. The summed E-state index contributed by atoms with van der Waals surface area (Å²) in [6.07, 6.45) is -1.29. The largest absolute Gasteiger partial charge is 0.481 e. The van der Waals surface area contributed by atoms with Gasteiger partial charge in [-0.2, -0.15) is 0 Å². The van der Waals surface area contributed by atoms with Crippen LogP contribution in [0.3, 0.4) is 0 Å². The number of nitrogens with zero attached hydrogens (tertiary/aromatic N) is 1. The average Bonchev–Trinajstić information content (AvgIpc) is 1.99. The number of rotatable bonds is 3. The number of hydrogen-bond donors (Lipinski definition) is 1. The summed E-state index contributed by atoms with van der Waals surface area (Å²) in [5.74, 6) is -5.08. The van der Waals surface area contributed by atoms with Gasteiger partial charge in [0.05, 0.1) is 5.56 Å². The standard InChI is InChI=1S/C9H8ClF2NO2/c1-5-2-3-6(8(10)13-5)9(11,12)4-7(14)15/h2-3H,4H2,1H3,(H,14,15). The van der Waals surface area contributed by atoms with Crippen molar-refractivity contribution >= 4 is 17.6 Å². The van der Waals surface area contributed by atoms with Crippen LogP contribution in [-0.4, -0.2) is 16.1 Å². The van der Waals surface area contributed by atoms with Crippen LogP contribution >= 0.6 is 11.6 Å². The van der Waals surface area contributed by atoms with E-state index in [-0.39, 0.29) is 5.15 Å². The number of aliphatic carboxylic acids is 1. The van der Waals surface area contributed by atoms with Gasteiger partial charge < -0.3 is 5.11 Å². The maximum absolute atomic E-state index is 13.3. The van der Waals surface area contributed by atoms with Crippen LogP contribution in [-0.2, 0) is 10.7 Å². The van der Waals surface area contributed by atoms with E-state index < -0.39 is 23.9 Å². The number of aromatic nitrogens is 1. The quantitative estimate of drug-likeness (QED) is 0.820. The Balaban J connectivity index is 3.09. The molecule has 0 saturated carbocycles. The highest BCUT2D eigenvalue weighted by Crippen LogP contribution is 2.35. The molecule has 1 N–H and O–H groups in total. The van der Waals surface area contributed by atoms with Crippen molar-refractivity contribution < 1.29 is 18.7 Å². The highest BCUT2D eigenvalue weighted by molar-refractivity contribution is 6.30. The number of pyridine rings is 1. The zero-order chi connectivity index (χ0) is 11.6. The number of hydrogen-bond acceptors (Lipinski definition) is 2. The lowest BCUT2D eigenvalue weighted by molar-refractivity contribution is -0.145. The van der Waals surface area contributed by atoms with Gasteiger partial charge in [-0.15, -0.1) is 0 Å². The lowest BCUT2D eigenvalue weighted by Crippen LogP contribution is -2.19. The van der Waals surface area contributed by atoms with Crippen molar-refractivity contribution in [2.45, 2.75) is 19.3 Å². The minimum atomic E-state index is -3.50. The molecule has 82 valence electrons. The minimum Gasteiger partial charge on any atom is -0.481 e. The second kappa shape index (κ2) is 4.10. The van der Waals surface area contributed by atoms with Crippen LogP contribution in [0.25, 0.3) is 0 Å². The van der Waals surface area contributed by atoms with E-state index >= 15 is 0 Å². The lowest BCUT2D eigenvalue weighted by atomic mass is 10.1. The van der Waals surface area contributed by atoms with Crippen LogP contribution in [0.5, 0.6) is 0 Å². The van der Waals surface area contributed by atoms with Crippen molar-refractivity contribution in [3.05, 3.63) is 28.5 Å². The van der Waals surface area contributed by atoms with Crippen molar-refractivity contribution in [3.63, 3.8) is 0 Å². The average molecular weight is 236 g/mol. The third-order valence-corrected chi connectivity index (χ3v) is 2.04. The summed E-state index contributed by atoms with van der Waals surface area (Å²) >= 11 is 5.51. The molecule has 1 aromatic heterocycles. The zero-order valence-corrected chi connectivity index (χ0v) is 8.55. The fourth-order valence-electron chi connectivity index (χ4n) is 1.08. The molecule has 0 aliphatic rings. The monoisotopic (exact) mass is 235 g/mol. The molecule has 1 aromatic rings. The van der Waals surface area contributed by atoms with E-state index in [1.54, 1.807) is 6.92 Å². The van der Waals surface area contributed by atoms with E-state index in [4.69, 9.17) is 16.7 Å². The Hall–Kier alpha value is -1.23. The van der Waals surface area contributed by atoms with Gasteiger partial charge in [0, 0.05) is 5.69 Å². The Bertz CT molecular complexity index is 396. The van der Waals surface area contributed by atoms with E-state index in [9.17, 15) is 13.6 Å². The molecule has 1 rings (SSSR count). The predicted molar refractivity (Wildman–Crippen MR) is 50.1 cm³/mol. The van der Waals surface area contributed by atoms with Crippen molar-refractivity contribution in [3.8, 4) is 0 Å². The lowest BCUT2D eigenvalue weighted by Gasteiger charge is -2.15. The first-order valence-electron chi connectivity index (χ1n) is 4.06. The van der Waals surface area contributed by atoms with Crippen LogP contribution in [0.15, 0.2) is 12.1 Å². The number of alkyl halides is 2. The van der Waals surface area contributed by atoms with Gasteiger partial charge in [-0.1, -0.05) is 11.6 Å². The van der Waals surface area contributed by atoms with Gasteiger partial charge in [0.1, 0.15) is 11.6 Å². The molecular formula is C9H8ClF2NO2. The number of carboxylic acids is 1. The molecule has 6 heteroatoms. The molecule has 0 bridgehead atoms. The zero-order valence-electron chi connectivity index (χ0n) is 7.80. The van der Waals surface area contributed by atoms with Gasteiger partial charge >= 0.3 is 5.97 Å². The Kier molecular flexibility index (Phi) is 3.24. The van der Waals surface area contributed by atoms with E-state index in [1.807, 2.05) is 0 Å². The van der Waals surface area contributed by atoms with Gasteiger partial charge in [0.2, 0.25) is 0 Å². The number of halogens is 3. The van der Waals surface area contributed by atoms with Gasteiger partial charge in [0.25, 0.3) is 5.92 Å². The van der Waals surface area contributed by atoms with Crippen LogP contribution in [0.4, 0.5) is 8.78 Å². The molecule has 0 saturated heterocycles. The fraction of sp³-hybridized carbons (Fsp3) is 0.333. The molecule has 0 aliphatic carbocycles. The number of carbonyl (C=O) groups is 1. The van der Waals surface area contributed by atoms with E-state index in [1.165, 1.54) is 6.07 Å². The van der Waals surface area contributed by atoms with Gasteiger partial charge in [-0.05, 0) is 19.1 Å². The summed E-state index contributed by atoms with van der Waals surface area (Å²) in [6.45, 7) is 1.60. The molecule has 15 heavy (non-hydrogen) atoms. The molecule has 0 fully saturated rings. The van der Waals surface area contributed by atoms with Crippen LogP contribution < -0.4 is 0 Å². The highest BCUT2D eigenvalue weighted by atomic mass is 35.5. The van der Waals surface area contributed by atoms with E-state index in [0.29, 0.717) is 5.69 Å². The van der Waals surface area contributed by atoms with Crippen molar-refractivity contribution in [2.75, 3.05) is 0 Å². The molecule has 0 unspecified atom stereocenters. The Morgan fingerprint density at radius 2 is 2.20 bits per heavy atom. The summed E-state index contributed by atoms with van der Waals surface area (Å²) in [4.78, 5) is 13.9. The third-order valence-electron chi connectivity index (χ3n) is 1.76. The highest BCUT2D eigenvalue weighted by Gasteiger charge is 2.37. The topological polar surface area (TPSA) is 50.2 Å². The van der Waals surface area contributed by atoms with Crippen LogP contribution in [0.2, 0.25) is 5.15 Å². The maximum atomic E-state index is 13.3. The van der Waals surface area contributed by atoms with Crippen molar-refractivity contribution in [1.29, 1.82) is 0 Å². The SMILES string of the molecule is Cc1ccc(C(F)(F)CC(=O)O)c(Cl)n1. The van der Waals surface area contributed by atoms with Gasteiger partial charge in [0.15, 0.2) is 0 Å². The predicted octanol–water partition coefficient (Wildman–Crippen LogP) is 2.61. The molecule has 0 atom stereocenters. The Morgan fingerprint density at radius 3 is 2.67 bits per heavy atom. The molecule has 0 aliphatic heterocycles. The smallest absolute Gasteiger partial charge is 0.309 e. The Labute approximate surface area is 89.7 Å². The summed E-state index contributed by atoms with van der Waals surface area (Å²) in [7, 11) is 0. The van der Waals surface area contributed by atoms with Crippen molar-refractivity contribution in [2.24, 2.45) is 0 Å². The van der Waals surface area contributed by atoms with E-state index in [0.717, 1.165) is 6.07 Å². The molecule has 1 heterocycles. The summed E-state index contributed by atoms with van der Waals surface area (Å²) in [5.41, 5.74) is -0.0629. The molecule has 0 radical (unpaired) electrons. The first kappa shape index (κ1) is 11.8. The maximum Gasteiger partial charge on any atom is 0.309 e. The molecule has 0 amide bonds. The van der Waals surface area contributed by atoms with Crippen LogP contribution in [0, 0.1) is 6.92 Å². The fourth-order valence-corrected chi connectivity index (χ4v) is 1.42. The summed E-state index contributed by atoms with van der Waals surface area (Å²) in [6, 6.07) is 2.45. The van der Waals surface area contributed by atoms with Crippen molar-refractivity contribution in [1.82, 2.24) is 4.98 Å². The first-order chi connectivity index (χ1) is 6.83. The number of carboxylic acid groups (broad SMARTS) is 1. The molecule has 0 aromatic carbocycles. The summed E-state index contributed by atoms with van der Waals surface area (Å²) in [5, 5.41) is 7.95. The normalized spacial score (nSPS) is 11.5. The second-order valence-electron chi connectivity index (χ2n) is 3.07. The minimum absolute atomic E-state index is 0.360.